The van der Waals surface area contributed by atoms with Gasteiger partial charge in [-0.3, -0.25) is 0 Å². The van der Waals surface area contributed by atoms with Gasteiger partial charge >= 0.3 is 0 Å². The van der Waals surface area contributed by atoms with E-state index in [9.17, 15) is 0 Å². The first-order chi connectivity index (χ1) is 11.8. The normalized spacial score (nSPS) is 11.0. The molecule has 0 aliphatic rings. The van der Waals surface area contributed by atoms with Crippen molar-refractivity contribution < 1.29 is 0 Å². The second-order valence-corrected chi connectivity index (χ2v) is 6.17. The lowest BCUT2D eigenvalue weighted by Gasteiger charge is -2.09. The molecule has 0 amide bonds. The van der Waals surface area contributed by atoms with Crippen LogP contribution in [0.5, 0.6) is 0 Å². The van der Waals surface area contributed by atoms with Crippen LogP contribution >= 0.6 is 12.6 Å². The first-order valence-corrected chi connectivity index (χ1v) is 8.41. The van der Waals surface area contributed by atoms with Gasteiger partial charge in [-0.05, 0) is 28.8 Å². The van der Waals surface area contributed by atoms with Gasteiger partial charge in [0.05, 0.1) is 0 Å². The highest BCUT2D eigenvalue weighted by Gasteiger charge is 2.12. The monoisotopic (exact) mass is 331 g/mol. The van der Waals surface area contributed by atoms with Crippen LogP contribution in [0.1, 0.15) is 5.56 Å². The Morgan fingerprint density at radius 3 is 2.38 bits per heavy atom. The Balaban J connectivity index is 1.67. The molecule has 0 fully saturated rings. The third-order valence-electron chi connectivity index (χ3n) is 4.21. The highest BCUT2D eigenvalue weighted by Crippen LogP contribution is 2.25. The Hall–Kier alpha value is -2.59. The van der Waals surface area contributed by atoms with Crippen molar-refractivity contribution in [1.82, 2.24) is 14.8 Å². The smallest absolute Gasteiger partial charge is 0.188 e. The molecule has 4 rings (SSSR count). The van der Waals surface area contributed by atoms with Gasteiger partial charge < -0.3 is 4.57 Å². The van der Waals surface area contributed by atoms with Crippen molar-refractivity contribution in [3.05, 3.63) is 78.4 Å². The average molecular weight is 331 g/mol. The third-order valence-corrected chi connectivity index (χ3v) is 4.54. The standard InChI is InChI=1S/C20H17N3S/c24-20-22-21-19(23(20)13-12-15-6-2-1-3-7-15)18-11-10-16-8-4-5-9-17(16)14-18/h1-11,14H,12-13H2,(H,22,24). The van der Waals surface area contributed by atoms with Crippen LogP contribution in [0.25, 0.3) is 22.2 Å². The molecule has 0 bridgehead atoms. The van der Waals surface area contributed by atoms with Crippen molar-refractivity contribution >= 4 is 23.4 Å². The van der Waals surface area contributed by atoms with Crippen molar-refractivity contribution in [1.29, 1.82) is 0 Å². The van der Waals surface area contributed by atoms with Gasteiger partial charge in [0.15, 0.2) is 11.0 Å². The number of benzene rings is 3. The van der Waals surface area contributed by atoms with Crippen LogP contribution in [0, 0.1) is 0 Å². The maximum absolute atomic E-state index is 4.48. The molecule has 0 spiro atoms. The number of aromatic nitrogens is 3. The van der Waals surface area contributed by atoms with Gasteiger partial charge in [-0.2, -0.15) is 0 Å². The summed E-state index contributed by atoms with van der Waals surface area (Å²) in [5, 5.41) is 11.6. The lowest BCUT2D eigenvalue weighted by Crippen LogP contribution is -2.04. The predicted molar refractivity (Wildman–Crippen MR) is 100 cm³/mol. The van der Waals surface area contributed by atoms with E-state index in [2.05, 4.69) is 94.1 Å². The molecule has 0 saturated carbocycles. The maximum atomic E-state index is 4.48. The van der Waals surface area contributed by atoms with Crippen LogP contribution in [0.2, 0.25) is 0 Å². The van der Waals surface area contributed by atoms with E-state index >= 15 is 0 Å². The first-order valence-electron chi connectivity index (χ1n) is 7.96. The maximum Gasteiger partial charge on any atom is 0.188 e. The second-order valence-electron chi connectivity index (χ2n) is 5.77. The zero-order valence-corrected chi connectivity index (χ0v) is 14.0. The van der Waals surface area contributed by atoms with E-state index in [1.807, 2.05) is 6.07 Å². The van der Waals surface area contributed by atoms with E-state index in [4.69, 9.17) is 0 Å². The molecule has 4 heteroatoms. The molecule has 1 heterocycles. The molecule has 0 saturated heterocycles. The number of thiol groups is 1. The number of aryl methyl sites for hydroxylation is 1. The van der Waals surface area contributed by atoms with Gasteiger partial charge in [0.1, 0.15) is 0 Å². The van der Waals surface area contributed by atoms with Crippen molar-refractivity contribution in [3.63, 3.8) is 0 Å². The zero-order valence-electron chi connectivity index (χ0n) is 13.1. The minimum absolute atomic E-state index is 0.647. The minimum Gasteiger partial charge on any atom is -0.302 e. The molecular weight excluding hydrogens is 314 g/mol. The number of rotatable bonds is 4. The van der Waals surface area contributed by atoms with E-state index in [-0.39, 0.29) is 0 Å². The molecule has 24 heavy (non-hydrogen) atoms. The minimum atomic E-state index is 0.647. The highest BCUT2D eigenvalue weighted by molar-refractivity contribution is 7.80. The van der Waals surface area contributed by atoms with E-state index < -0.39 is 0 Å². The fraction of sp³-hybridized carbons (Fsp3) is 0.100. The Morgan fingerprint density at radius 1 is 0.792 bits per heavy atom. The molecule has 4 aromatic rings. The molecule has 3 aromatic carbocycles. The third kappa shape index (κ3) is 2.93. The number of hydrogen-bond acceptors (Lipinski definition) is 3. The van der Waals surface area contributed by atoms with Crippen molar-refractivity contribution in [2.75, 3.05) is 0 Å². The number of fused-ring (bicyclic) bond motifs is 1. The van der Waals surface area contributed by atoms with Crippen molar-refractivity contribution in [2.45, 2.75) is 18.1 Å². The Morgan fingerprint density at radius 2 is 1.54 bits per heavy atom. The lowest BCUT2D eigenvalue weighted by molar-refractivity contribution is 0.641. The van der Waals surface area contributed by atoms with Crippen LogP contribution in [0.3, 0.4) is 0 Å². The SMILES string of the molecule is Sc1nnc(-c2ccc3ccccc3c2)n1CCc1ccccc1. The van der Waals surface area contributed by atoms with Gasteiger partial charge in [-0.15, -0.1) is 22.8 Å². The number of hydrogen-bond donors (Lipinski definition) is 1. The summed E-state index contributed by atoms with van der Waals surface area (Å²) < 4.78 is 2.07. The van der Waals surface area contributed by atoms with Crippen LogP contribution < -0.4 is 0 Å². The molecule has 118 valence electrons. The number of nitrogens with zero attached hydrogens (tertiary/aromatic N) is 3. The van der Waals surface area contributed by atoms with E-state index in [1.165, 1.54) is 16.3 Å². The van der Waals surface area contributed by atoms with E-state index in [0.717, 1.165) is 24.4 Å². The van der Waals surface area contributed by atoms with E-state index in [1.54, 1.807) is 0 Å². The lowest BCUT2D eigenvalue weighted by atomic mass is 10.1. The summed E-state index contributed by atoms with van der Waals surface area (Å²) in [7, 11) is 0. The quantitative estimate of drug-likeness (QED) is 0.553. The molecular formula is C20H17N3S. The van der Waals surface area contributed by atoms with Crippen LogP contribution in [0.4, 0.5) is 0 Å². The molecule has 3 nitrogen and oxygen atoms in total. The summed E-state index contributed by atoms with van der Waals surface area (Å²) in [5.41, 5.74) is 2.36. The Kier molecular flexibility index (Phi) is 4.05. The summed E-state index contributed by atoms with van der Waals surface area (Å²) in [5.74, 6) is 0.863. The van der Waals surface area contributed by atoms with Crippen LogP contribution in [0.15, 0.2) is 78.0 Å². The molecule has 0 N–H and O–H groups in total. The van der Waals surface area contributed by atoms with E-state index in [0.29, 0.717) is 5.16 Å². The Bertz CT molecular complexity index is 977. The van der Waals surface area contributed by atoms with Gasteiger partial charge in [-0.1, -0.05) is 66.7 Å². The summed E-state index contributed by atoms with van der Waals surface area (Å²) in [6.07, 6.45) is 0.924. The van der Waals surface area contributed by atoms with Crippen LogP contribution in [-0.4, -0.2) is 14.8 Å². The van der Waals surface area contributed by atoms with Crippen LogP contribution in [-0.2, 0) is 13.0 Å². The molecule has 0 aliphatic heterocycles. The molecule has 0 atom stereocenters. The summed E-state index contributed by atoms with van der Waals surface area (Å²) in [4.78, 5) is 0. The highest BCUT2D eigenvalue weighted by atomic mass is 32.1. The van der Waals surface area contributed by atoms with Gasteiger partial charge in [0, 0.05) is 12.1 Å². The van der Waals surface area contributed by atoms with Gasteiger partial charge in [0.2, 0.25) is 0 Å². The predicted octanol–water partition coefficient (Wildman–Crippen LogP) is 4.63. The summed E-state index contributed by atoms with van der Waals surface area (Å²) in [6, 6.07) is 25.1. The van der Waals surface area contributed by atoms with Crippen molar-refractivity contribution in [2.24, 2.45) is 0 Å². The Labute approximate surface area is 146 Å². The summed E-state index contributed by atoms with van der Waals surface area (Å²) >= 11 is 4.48. The second kappa shape index (κ2) is 6.49. The fourth-order valence-corrected chi connectivity index (χ4v) is 3.17. The largest absolute Gasteiger partial charge is 0.302 e. The molecule has 1 aromatic heterocycles. The van der Waals surface area contributed by atoms with Crippen molar-refractivity contribution in [3.8, 4) is 11.4 Å². The molecule has 0 aliphatic carbocycles. The average Bonchev–Trinajstić information content (AvgIpc) is 3.01. The first kappa shape index (κ1) is 15.0. The molecule has 0 radical (unpaired) electrons. The fourth-order valence-electron chi connectivity index (χ4n) is 2.93. The summed E-state index contributed by atoms with van der Waals surface area (Å²) in [6.45, 7) is 0.804. The van der Waals surface area contributed by atoms with Gasteiger partial charge in [-0.25, -0.2) is 0 Å². The van der Waals surface area contributed by atoms with Gasteiger partial charge in [0.25, 0.3) is 0 Å². The molecule has 0 unspecified atom stereocenters. The zero-order chi connectivity index (χ0) is 16.4. The topological polar surface area (TPSA) is 30.7 Å².